The van der Waals surface area contributed by atoms with E-state index in [4.69, 9.17) is 4.74 Å². The maximum absolute atomic E-state index is 11.6. The third-order valence-electron chi connectivity index (χ3n) is 4.86. The molecule has 1 heterocycles. The van der Waals surface area contributed by atoms with Crippen LogP contribution in [0.1, 0.15) is 46.0 Å². The second-order valence-electron chi connectivity index (χ2n) is 6.55. The number of nitrogens with one attached hydrogen (secondary N) is 1. The molecular weight excluding hydrogens is 268 g/mol. The smallest absolute Gasteiger partial charge is 0.407 e. The monoisotopic (exact) mass is 298 g/mol. The summed E-state index contributed by atoms with van der Waals surface area (Å²) in [5.41, 5.74) is 0. The molecule has 1 saturated heterocycles. The van der Waals surface area contributed by atoms with Gasteiger partial charge in [0, 0.05) is 25.7 Å². The number of carbonyl (C=O) groups is 1. The van der Waals surface area contributed by atoms with E-state index in [1.165, 1.54) is 19.3 Å². The molecule has 3 atom stereocenters. The van der Waals surface area contributed by atoms with Gasteiger partial charge in [-0.1, -0.05) is 13.3 Å². The van der Waals surface area contributed by atoms with Gasteiger partial charge in [-0.05, 0) is 44.4 Å². The minimum Gasteiger partial charge on any atom is -0.450 e. The molecule has 122 valence electrons. The van der Waals surface area contributed by atoms with Crippen LogP contribution in [0.25, 0.3) is 0 Å². The molecule has 1 aliphatic heterocycles. The summed E-state index contributed by atoms with van der Waals surface area (Å²) in [5.74, 6) is 1.06. The third-order valence-corrected chi connectivity index (χ3v) is 4.86. The van der Waals surface area contributed by atoms with Gasteiger partial charge in [0.15, 0.2) is 0 Å². The summed E-state index contributed by atoms with van der Waals surface area (Å²) in [6.45, 7) is 7.16. The molecule has 1 aliphatic carbocycles. The molecule has 5 heteroatoms. The van der Waals surface area contributed by atoms with Crippen LogP contribution in [0.4, 0.5) is 4.79 Å². The van der Waals surface area contributed by atoms with E-state index < -0.39 is 0 Å². The Balaban J connectivity index is 1.90. The average Bonchev–Trinajstić information content (AvgIpc) is 2.42. The first-order valence-electron chi connectivity index (χ1n) is 8.46. The lowest BCUT2D eigenvalue weighted by molar-refractivity contribution is 0.0241. The topological polar surface area (TPSA) is 61.8 Å². The van der Waals surface area contributed by atoms with E-state index in [1.807, 2.05) is 13.8 Å². The van der Waals surface area contributed by atoms with Crippen LogP contribution in [-0.2, 0) is 4.74 Å². The Bertz CT molecular complexity index is 333. The van der Waals surface area contributed by atoms with E-state index in [-0.39, 0.29) is 24.2 Å². The molecule has 1 amide bonds. The Morgan fingerprint density at radius 2 is 2.14 bits per heavy atom. The summed E-state index contributed by atoms with van der Waals surface area (Å²) in [4.78, 5) is 14.1. The molecule has 3 unspecified atom stereocenters. The number of rotatable bonds is 6. The summed E-state index contributed by atoms with van der Waals surface area (Å²) in [6, 6.07) is 0.0871. The highest BCUT2D eigenvalue weighted by Crippen LogP contribution is 2.29. The van der Waals surface area contributed by atoms with Crippen LogP contribution >= 0.6 is 0 Å². The van der Waals surface area contributed by atoms with E-state index in [1.54, 1.807) is 0 Å². The van der Waals surface area contributed by atoms with Crippen molar-refractivity contribution in [3.8, 4) is 0 Å². The van der Waals surface area contributed by atoms with Gasteiger partial charge in [0.1, 0.15) is 0 Å². The number of aliphatic hydroxyl groups excluding tert-OH is 1. The van der Waals surface area contributed by atoms with Gasteiger partial charge in [-0.15, -0.1) is 0 Å². The Hall–Kier alpha value is -0.810. The fraction of sp³-hybridized carbons (Fsp3) is 0.938. The predicted molar refractivity (Wildman–Crippen MR) is 82.1 cm³/mol. The highest BCUT2D eigenvalue weighted by Gasteiger charge is 2.33. The van der Waals surface area contributed by atoms with Crippen molar-refractivity contribution in [2.24, 2.45) is 11.8 Å². The number of ether oxygens (including phenoxy) is 1. The molecule has 0 bridgehead atoms. The molecule has 0 aromatic heterocycles. The fourth-order valence-electron chi connectivity index (χ4n) is 3.48. The van der Waals surface area contributed by atoms with Crippen LogP contribution in [0.2, 0.25) is 0 Å². The highest BCUT2D eigenvalue weighted by atomic mass is 16.5. The van der Waals surface area contributed by atoms with Crippen molar-refractivity contribution in [1.82, 2.24) is 10.2 Å². The van der Waals surface area contributed by atoms with E-state index >= 15 is 0 Å². The maximum Gasteiger partial charge on any atom is 0.407 e. The first-order chi connectivity index (χ1) is 10.1. The number of piperidine rings is 1. The van der Waals surface area contributed by atoms with Crippen LogP contribution in [0.3, 0.4) is 0 Å². The SMILES string of the molecule is CCOC(=O)NC1CC(C(O)CC)CN(CC2CCC2)C1. The first-order valence-corrected chi connectivity index (χ1v) is 8.46. The lowest BCUT2D eigenvalue weighted by atomic mass is 9.83. The second-order valence-corrected chi connectivity index (χ2v) is 6.55. The Kier molecular flexibility index (Phi) is 6.30. The van der Waals surface area contributed by atoms with Gasteiger partial charge in [0.25, 0.3) is 0 Å². The zero-order valence-electron chi connectivity index (χ0n) is 13.4. The average molecular weight is 298 g/mol. The summed E-state index contributed by atoms with van der Waals surface area (Å²) in [7, 11) is 0. The molecular formula is C16H30N2O3. The molecule has 0 aromatic rings. The van der Waals surface area contributed by atoms with Crippen LogP contribution in [-0.4, -0.2) is 54.5 Å². The molecule has 5 nitrogen and oxygen atoms in total. The molecule has 21 heavy (non-hydrogen) atoms. The van der Waals surface area contributed by atoms with Crippen LogP contribution < -0.4 is 5.32 Å². The van der Waals surface area contributed by atoms with Crippen molar-refractivity contribution in [3.63, 3.8) is 0 Å². The fourth-order valence-corrected chi connectivity index (χ4v) is 3.48. The lowest BCUT2D eigenvalue weighted by Gasteiger charge is -2.42. The van der Waals surface area contributed by atoms with Crippen molar-refractivity contribution in [3.05, 3.63) is 0 Å². The van der Waals surface area contributed by atoms with Crippen molar-refractivity contribution in [1.29, 1.82) is 0 Å². The zero-order valence-corrected chi connectivity index (χ0v) is 13.4. The number of likely N-dealkylation sites (tertiary alicyclic amines) is 1. The standard InChI is InChI=1S/C16H30N2O3/c1-3-15(19)13-8-14(17-16(20)21-4-2)11-18(10-13)9-12-6-5-7-12/h12-15,19H,3-11H2,1-2H3,(H,17,20). The largest absolute Gasteiger partial charge is 0.450 e. The molecule has 2 rings (SSSR count). The van der Waals surface area contributed by atoms with Gasteiger partial charge in [0.2, 0.25) is 0 Å². The van der Waals surface area contributed by atoms with Crippen molar-refractivity contribution in [2.45, 2.75) is 58.1 Å². The van der Waals surface area contributed by atoms with Gasteiger partial charge in [-0.2, -0.15) is 0 Å². The number of hydrogen-bond donors (Lipinski definition) is 2. The van der Waals surface area contributed by atoms with Crippen LogP contribution in [0.5, 0.6) is 0 Å². The third kappa shape index (κ3) is 4.85. The lowest BCUT2D eigenvalue weighted by Crippen LogP contribution is -2.54. The van der Waals surface area contributed by atoms with Gasteiger partial charge < -0.3 is 20.1 Å². The Morgan fingerprint density at radius 1 is 1.38 bits per heavy atom. The van der Waals surface area contributed by atoms with Gasteiger partial charge in [-0.3, -0.25) is 0 Å². The number of carbonyl (C=O) groups excluding carboxylic acids is 1. The van der Waals surface area contributed by atoms with Crippen molar-refractivity contribution >= 4 is 6.09 Å². The summed E-state index contributed by atoms with van der Waals surface area (Å²) in [6.07, 6.45) is 5.01. The maximum atomic E-state index is 11.6. The first kappa shape index (κ1) is 16.6. The number of nitrogens with zero attached hydrogens (tertiary/aromatic N) is 1. The summed E-state index contributed by atoms with van der Waals surface area (Å²) >= 11 is 0. The molecule has 2 aliphatic rings. The molecule has 0 spiro atoms. The van der Waals surface area contributed by atoms with Crippen molar-refractivity contribution in [2.75, 3.05) is 26.2 Å². The minimum atomic E-state index is -0.335. The minimum absolute atomic E-state index is 0.0871. The van der Waals surface area contributed by atoms with E-state index in [0.29, 0.717) is 6.61 Å². The molecule has 2 N–H and O–H groups in total. The molecule has 0 radical (unpaired) electrons. The predicted octanol–water partition coefficient (Wildman–Crippen LogP) is 1.99. The second kappa shape index (κ2) is 7.99. The van der Waals surface area contributed by atoms with E-state index in [9.17, 15) is 9.90 Å². The number of alkyl carbamates (subject to hydrolysis) is 1. The molecule has 1 saturated carbocycles. The van der Waals surface area contributed by atoms with E-state index in [2.05, 4.69) is 10.2 Å². The Labute approximate surface area is 128 Å². The van der Waals surface area contributed by atoms with Crippen molar-refractivity contribution < 1.29 is 14.6 Å². The summed E-state index contributed by atoms with van der Waals surface area (Å²) < 4.78 is 4.98. The van der Waals surface area contributed by atoms with Gasteiger partial charge in [0.05, 0.1) is 12.7 Å². The summed E-state index contributed by atoms with van der Waals surface area (Å²) in [5, 5.41) is 13.1. The highest BCUT2D eigenvalue weighted by molar-refractivity contribution is 5.67. The number of aliphatic hydroxyl groups is 1. The number of hydrogen-bond acceptors (Lipinski definition) is 4. The van der Waals surface area contributed by atoms with Gasteiger partial charge in [-0.25, -0.2) is 4.79 Å². The van der Waals surface area contributed by atoms with E-state index in [0.717, 1.165) is 38.4 Å². The molecule has 2 fully saturated rings. The number of amides is 1. The Morgan fingerprint density at radius 3 is 2.71 bits per heavy atom. The van der Waals surface area contributed by atoms with Crippen LogP contribution in [0, 0.1) is 11.8 Å². The normalized spacial score (nSPS) is 28.7. The van der Waals surface area contributed by atoms with Crippen LogP contribution in [0.15, 0.2) is 0 Å². The zero-order chi connectivity index (χ0) is 15.2. The quantitative estimate of drug-likeness (QED) is 0.787. The molecule has 0 aromatic carbocycles. The van der Waals surface area contributed by atoms with Gasteiger partial charge >= 0.3 is 6.09 Å².